The molecule has 4 rings (SSSR count). The predicted octanol–water partition coefficient (Wildman–Crippen LogP) is 5.06. The minimum atomic E-state index is -4.84. The maximum absolute atomic E-state index is 14.4. The molecule has 1 aliphatic heterocycles. The molecular formula is C25H28F6N6O2. The summed E-state index contributed by atoms with van der Waals surface area (Å²) < 4.78 is 89.7. The molecule has 0 spiro atoms. The summed E-state index contributed by atoms with van der Waals surface area (Å²) in [6, 6.07) is -0.0874. The van der Waals surface area contributed by atoms with Crippen LogP contribution < -0.4 is 10.1 Å². The van der Waals surface area contributed by atoms with Gasteiger partial charge in [-0.25, -0.2) is 14.8 Å². The van der Waals surface area contributed by atoms with E-state index in [1.165, 1.54) is 45.5 Å². The minimum absolute atomic E-state index is 0.00574. The van der Waals surface area contributed by atoms with Crippen molar-refractivity contribution in [3.05, 3.63) is 48.4 Å². The number of methoxy groups -OCH3 is 1. The molecule has 3 heterocycles. The summed E-state index contributed by atoms with van der Waals surface area (Å²) in [5.74, 6) is 0.190. The summed E-state index contributed by atoms with van der Waals surface area (Å²) in [7, 11) is 2.68. The number of hydrogen-bond acceptors (Lipinski definition) is 5. The lowest BCUT2D eigenvalue weighted by atomic mass is 9.98. The lowest BCUT2D eigenvalue weighted by Crippen LogP contribution is -2.57. The average Bonchev–Trinajstić information content (AvgIpc) is 3.34. The molecule has 1 N–H and O–H groups in total. The molecule has 3 atom stereocenters. The number of nitrogens with one attached hydrogen (secondary N) is 1. The molecule has 0 bridgehead atoms. The molecule has 1 saturated heterocycles. The Hall–Kier alpha value is -3.55. The predicted molar refractivity (Wildman–Crippen MR) is 130 cm³/mol. The van der Waals surface area contributed by atoms with Gasteiger partial charge < -0.3 is 19.4 Å². The standard InChI is InChI=1S/C25H28F6N6O2/c1-4-37(23(38)33-17-8-9-19(24(26,27)28)35(2)13-17)20(25(29,30)31)16-7-5-6-15(12-16)18-14-36-11-10-32-21(36)22(34-18)39-3/h5-7,10-12,14,17,19-20H,4,8-9,13H2,1-3H3,(H,33,38)/t17?,19?,20-/m0/s1. The Balaban J connectivity index is 1.60. The Morgan fingerprint density at radius 2 is 1.97 bits per heavy atom. The molecular weight excluding hydrogens is 530 g/mol. The number of carbonyl (C=O) groups excluding carboxylic acids is 1. The number of likely N-dealkylation sites (N-methyl/N-ethyl adjacent to an activating group) is 1. The number of amides is 2. The van der Waals surface area contributed by atoms with Gasteiger partial charge in [-0.15, -0.1) is 0 Å². The van der Waals surface area contributed by atoms with E-state index in [1.807, 2.05) is 0 Å². The number of fused-ring (bicyclic) bond motifs is 1. The first-order valence-corrected chi connectivity index (χ1v) is 12.2. The lowest BCUT2D eigenvalue weighted by molar-refractivity contribution is -0.189. The fraction of sp³-hybridized carbons (Fsp3) is 0.480. The van der Waals surface area contributed by atoms with E-state index in [9.17, 15) is 31.1 Å². The third-order valence-electron chi connectivity index (χ3n) is 6.79. The van der Waals surface area contributed by atoms with Gasteiger partial charge in [-0.05, 0) is 38.4 Å². The van der Waals surface area contributed by atoms with Crippen LogP contribution in [0.1, 0.15) is 31.4 Å². The Labute approximate surface area is 220 Å². The molecule has 1 fully saturated rings. The Morgan fingerprint density at radius 1 is 1.23 bits per heavy atom. The second-order valence-electron chi connectivity index (χ2n) is 9.37. The zero-order chi connectivity index (χ0) is 28.5. The van der Waals surface area contributed by atoms with E-state index in [0.29, 0.717) is 21.8 Å². The second-order valence-corrected chi connectivity index (χ2v) is 9.37. The van der Waals surface area contributed by atoms with Gasteiger partial charge in [0.15, 0.2) is 11.7 Å². The zero-order valence-electron chi connectivity index (χ0n) is 21.4. The molecule has 3 aromatic rings. The van der Waals surface area contributed by atoms with Crippen LogP contribution in [0.5, 0.6) is 5.88 Å². The van der Waals surface area contributed by atoms with Gasteiger partial charge >= 0.3 is 18.4 Å². The van der Waals surface area contributed by atoms with Gasteiger partial charge in [0.2, 0.25) is 0 Å². The average molecular weight is 559 g/mol. The van der Waals surface area contributed by atoms with Crippen molar-refractivity contribution in [3.8, 4) is 17.1 Å². The number of likely N-dealkylation sites (tertiary alicyclic amines) is 1. The third kappa shape index (κ3) is 6.05. The summed E-state index contributed by atoms with van der Waals surface area (Å²) in [6.45, 7) is 0.985. The van der Waals surface area contributed by atoms with Crippen LogP contribution in [0.3, 0.4) is 0 Å². The number of alkyl halides is 6. The molecule has 0 aliphatic carbocycles. The molecule has 2 aromatic heterocycles. The van der Waals surface area contributed by atoms with Crippen molar-refractivity contribution < 1.29 is 35.9 Å². The summed E-state index contributed by atoms with van der Waals surface area (Å²) >= 11 is 0. The van der Waals surface area contributed by atoms with E-state index in [-0.39, 0.29) is 37.4 Å². The largest absolute Gasteiger partial charge is 0.478 e. The van der Waals surface area contributed by atoms with Gasteiger partial charge in [-0.3, -0.25) is 4.90 Å². The third-order valence-corrected chi connectivity index (χ3v) is 6.79. The molecule has 2 unspecified atom stereocenters. The lowest BCUT2D eigenvalue weighted by Gasteiger charge is -2.39. The van der Waals surface area contributed by atoms with Crippen molar-refractivity contribution in [2.24, 2.45) is 0 Å². The number of nitrogens with zero attached hydrogens (tertiary/aromatic N) is 5. The van der Waals surface area contributed by atoms with Gasteiger partial charge in [-0.1, -0.05) is 18.2 Å². The number of piperidine rings is 1. The van der Waals surface area contributed by atoms with E-state index < -0.39 is 36.5 Å². The van der Waals surface area contributed by atoms with E-state index in [0.717, 1.165) is 4.90 Å². The quantitative estimate of drug-likeness (QED) is 0.428. The maximum atomic E-state index is 14.4. The van der Waals surface area contributed by atoms with Crippen LogP contribution in [0.15, 0.2) is 42.9 Å². The van der Waals surface area contributed by atoms with Crippen molar-refractivity contribution in [3.63, 3.8) is 0 Å². The second kappa shape index (κ2) is 10.9. The monoisotopic (exact) mass is 558 g/mol. The number of carbonyl (C=O) groups is 1. The first kappa shape index (κ1) is 28.5. The molecule has 0 radical (unpaired) electrons. The van der Waals surface area contributed by atoms with E-state index in [1.54, 1.807) is 22.9 Å². The number of rotatable bonds is 6. The number of benzene rings is 1. The Kier molecular flexibility index (Phi) is 7.96. The van der Waals surface area contributed by atoms with Crippen LogP contribution >= 0.6 is 0 Å². The number of urea groups is 1. The van der Waals surface area contributed by atoms with Gasteiger partial charge in [0.25, 0.3) is 5.88 Å². The summed E-state index contributed by atoms with van der Waals surface area (Å²) in [6.07, 6.45) is -4.75. The Bertz CT molecular complexity index is 1310. The van der Waals surface area contributed by atoms with Crippen molar-refractivity contribution in [1.29, 1.82) is 0 Å². The number of hydrogen-bond donors (Lipinski definition) is 1. The highest BCUT2D eigenvalue weighted by molar-refractivity contribution is 5.75. The fourth-order valence-electron chi connectivity index (χ4n) is 4.97. The molecule has 14 heteroatoms. The van der Waals surface area contributed by atoms with Crippen molar-refractivity contribution in [2.45, 2.75) is 50.2 Å². The molecule has 2 amide bonds. The molecule has 1 aliphatic rings. The molecule has 39 heavy (non-hydrogen) atoms. The van der Waals surface area contributed by atoms with Crippen LogP contribution in [0.4, 0.5) is 31.1 Å². The number of aromatic nitrogens is 3. The smallest absolute Gasteiger partial charge is 0.413 e. The number of halogens is 6. The van der Waals surface area contributed by atoms with E-state index in [4.69, 9.17) is 4.74 Å². The van der Waals surface area contributed by atoms with E-state index >= 15 is 0 Å². The van der Waals surface area contributed by atoms with Crippen LogP contribution in [-0.2, 0) is 0 Å². The molecule has 0 saturated carbocycles. The first-order valence-electron chi connectivity index (χ1n) is 12.2. The van der Waals surface area contributed by atoms with Crippen LogP contribution in [0.25, 0.3) is 16.9 Å². The van der Waals surface area contributed by atoms with Crippen LogP contribution in [0, 0.1) is 0 Å². The minimum Gasteiger partial charge on any atom is -0.478 e. The first-order chi connectivity index (χ1) is 18.3. The van der Waals surface area contributed by atoms with Crippen LogP contribution in [0.2, 0.25) is 0 Å². The van der Waals surface area contributed by atoms with Gasteiger partial charge in [0, 0.05) is 43.3 Å². The van der Waals surface area contributed by atoms with Crippen molar-refractivity contribution in [1.82, 2.24) is 29.5 Å². The number of ether oxygens (including phenoxy) is 1. The van der Waals surface area contributed by atoms with Gasteiger partial charge in [-0.2, -0.15) is 26.3 Å². The SMILES string of the molecule is CCN(C(=O)NC1CCC(C(F)(F)F)N(C)C1)[C@@H](c1cccc(-c2cn3ccnc3c(OC)n2)c1)C(F)(F)F. The summed E-state index contributed by atoms with van der Waals surface area (Å²) in [5, 5.41) is 2.51. The summed E-state index contributed by atoms with van der Waals surface area (Å²) in [5.41, 5.74) is 0.937. The van der Waals surface area contributed by atoms with Gasteiger partial charge in [0.05, 0.1) is 12.8 Å². The Morgan fingerprint density at radius 3 is 2.59 bits per heavy atom. The molecule has 8 nitrogen and oxygen atoms in total. The summed E-state index contributed by atoms with van der Waals surface area (Å²) in [4.78, 5) is 23.3. The van der Waals surface area contributed by atoms with Gasteiger partial charge in [0.1, 0.15) is 6.04 Å². The highest BCUT2D eigenvalue weighted by atomic mass is 19.4. The molecule has 212 valence electrons. The van der Waals surface area contributed by atoms with Crippen molar-refractivity contribution in [2.75, 3.05) is 27.2 Å². The topological polar surface area (TPSA) is 75.0 Å². The van der Waals surface area contributed by atoms with E-state index in [2.05, 4.69) is 15.3 Å². The zero-order valence-corrected chi connectivity index (χ0v) is 21.4. The highest BCUT2D eigenvalue weighted by Gasteiger charge is 2.48. The number of imidazole rings is 1. The highest BCUT2D eigenvalue weighted by Crippen LogP contribution is 2.39. The van der Waals surface area contributed by atoms with Crippen molar-refractivity contribution >= 4 is 11.7 Å². The van der Waals surface area contributed by atoms with Crippen LogP contribution in [-0.4, -0.2) is 81.9 Å². The fourth-order valence-corrected chi connectivity index (χ4v) is 4.97. The maximum Gasteiger partial charge on any atom is 0.413 e. The normalized spacial score (nSPS) is 19.6. The molecule has 1 aromatic carbocycles.